The molecule has 3 rings (SSSR count). The molecule has 2 heterocycles. The number of halogens is 2. The molecule has 2 aromatic heterocycles. The highest BCUT2D eigenvalue weighted by molar-refractivity contribution is 7.92. The van der Waals surface area contributed by atoms with E-state index in [0.29, 0.717) is 11.6 Å². The second kappa shape index (κ2) is 8.68. The van der Waals surface area contributed by atoms with E-state index in [1.165, 1.54) is 44.0 Å². The van der Waals surface area contributed by atoms with Gasteiger partial charge in [-0.15, -0.1) is 10.2 Å². The number of aromatic nitrogens is 3. The Morgan fingerprint density at radius 3 is 2.52 bits per heavy atom. The zero-order valence-corrected chi connectivity index (χ0v) is 17.5. The van der Waals surface area contributed by atoms with Crippen LogP contribution < -0.4 is 19.8 Å². The van der Waals surface area contributed by atoms with Crippen LogP contribution in [0.2, 0.25) is 0 Å². The summed E-state index contributed by atoms with van der Waals surface area (Å²) in [5.41, 5.74) is 0.122. The standard InChI is InChI=1S/C19H18F2N4O5S/c1-4-31(27,28)24-17-9-13(11-7-16(29-3)19(26)25(2)10-11)18(23-22-17)30-15-6-5-12(20)8-14(15)21/h5-10H,4H2,1-3H3,(H,22,24). The molecule has 0 bridgehead atoms. The van der Waals surface area contributed by atoms with Crippen LogP contribution in [-0.4, -0.2) is 36.0 Å². The van der Waals surface area contributed by atoms with Gasteiger partial charge in [0.25, 0.3) is 5.56 Å². The minimum Gasteiger partial charge on any atom is -0.491 e. The lowest BCUT2D eigenvalue weighted by molar-refractivity contribution is 0.404. The minimum absolute atomic E-state index is 0.00594. The second-order valence-electron chi connectivity index (χ2n) is 6.34. The largest absolute Gasteiger partial charge is 0.491 e. The van der Waals surface area contributed by atoms with Gasteiger partial charge in [0.2, 0.25) is 15.9 Å². The van der Waals surface area contributed by atoms with E-state index < -0.39 is 27.2 Å². The molecule has 12 heteroatoms. The van der Waals surface area contributed by atoms with E-state index in [9.17, 15) is 22.0 Å². The summed E-state index contributed by atoms with van der Waals surface area (Å²) in [4.78, 5) is 12.1. The van der Waals surface area contributed by atoms with Crippen molar-refractivity contribution in [3.63, 3.8) is 0 Å². The summed E-state index contributed by atoms with van der Waals surface area (Å²) >= 11 is 0. The van der Waals surface area contributed by atoms with Crippen LogP contribution in [0.25, 0.3) is 11.1 Å². The summed E-state index contributed by atoms with van der Waals surface area (Å²) in [7, 11) is -0.850. The van der Waals surface area contributed by atoms with Crippen molar-refractivity contribution in [2.45, 2.75) is 6.92 Å². The van der Waals surface area contributed by atoms with E-state index in [1.807, 2.05) is 0 Å². The number of pyridine rings is 1. The molecule has 0 atom stereocenters. The molecule has 9 nitrogen and oxygen atoms in total. The van der Waals surface area contributed by atoms with E-state index in [1.54, 1.807) is 0 Å². The summed E-state index contributed by atoms with van der Waals surface area (Å²) < 4.78 is 65.2. The first-order chi connectivity index (χ1) is 14.6. The van der Waals surface area contributed by atoms with Crippen LogP contribution in [0, 0.1) is 11.6 Å². The average molecular weight is 452 g/mol. The second-order valence-corrected chi connectivity index (χ2v) is 8.35. The first-order valence-corrected chi connectivity index (χ1v) is 10.5. The minimum atomic E-state index is -3.66. The Morgan fingerprint density at radius 1 is 1.13 bits per heavy atom. The van der Waals surface area contributed by atoms with Gasteiger partial charge in [-0.3, -0.25) is 9.52 Å². The molecule has 0 unspecified atom stereocenters. The topological polar surface area (TPSA) is 112 Å². The van der Waals surface area contributed by atoms with Gasteiger partial charge in [-0.1, -0.05) is 0 Å². The van der Waals surface area contributed by atoms with Gasteiger partial charge >= 0.3 is 0 Å². The van der Waals surface area contributed by atoms with Crippen LogP contribution in [0.5, 0.6) is 17.4 Å². The van der Waals surface area contributed by atoms with E-state index in [2.05, 4.69) is 14.9 Å². The first kappa shape index (κ1) is 22.2. The van der Waals surface area contributed by atoms with E-state index in [0.717, 1.165) is 12.1 Å². The Bertz CT molecular complexity index is 1290. The molecule has 0 saturated carbocycles. The molecule has 3 aromatic rings. The van der Waals surface area contributed by atoms with Crippen LogP contribution >= 0.6 is 0 Å². The van der Waals surface area contributed by atoms with E-state index in [-0.39, 0.29) is 34.5 Å². The van der Waals surface area contributed by atoms with Crippen molar-refractivity contribution in [3.05, 3.63) is 58.5 Å². The molecule has 0 aliphatic rings. The normalized spacial score (nSPS) is 11.3. The van der Waals surface area contributed by atoms with Gasteiger partial charge in [0.05, 0.1) is 18.4 Å². The maximum atomic E-state index is 14.1. The molecule has 1 N–H and O–H groups in total. The van der Waals surface area contributed by atoms with Crippen LogP contribution in [-0.2, 0) is 17.1 Å². The molecule has 0 spiro atoms. The Morgan fingerprint density at radius 2 is 1.87 bits per heavy atom. The molecule has 0 radical (unpaired) electrons. The predicted molar refractivity (Wildman–Crippen MR) is 109 cm³/mol. The Kier molecular flexibility index (Phi) is 6.20. The molecule has 31 heavy (non-hydrogen) atoms. The molecular weight excluding hydrogens is 434 g/mol. The summed E-state index contributed by atoms with van der Waals surface area (Å²) in [5.74, 6) is -2.59. The Hall–Kier alpha value is -3.54. The third kappa shape index (κ3) is 4.97. The number of rotatable bonds is 7. The van der Waals surface area contributed by atoms with Gasteiger partial charge in [-0.2, -0.15) is 0 Å². The average Bonchev–Trinajstić information content (AvgIpc) is 2.72. The van der Waals surface area contributed by atoms with Gasteiger partial charge in [0.15, 0.2) is 23.1 Å². The zero-order chi connectivity index (χ0) is 22.8. The van der Waals surface area contributed by atoms with Crippen molar-refractivity contribution in [3.8, 4) is 28.5 Å². The third-order valence-corrected chi connectivity index (χ3v) is 5.46. The lowest BCUT2D eigenvalue weighted by Crippen LogP contribution is -2.18. The maximum Gasteiger partial charge on any atom is 0.292 e. The van der Waals surface area contributed by atoms with Gasteiger partial charge in [-0.25, -0.2) is 17.2 Å². The summed E-state index contributed by atoms with van der Waals surface area (Å²) in [6, 6.07) is 5.43. The fourth-order valence-corrected chi connectivity index (χ4v) is 3.14. The summed E-state index contributed by atoms with van der Waals surface area (Å²) in [6.07, 6.45) is 1.44. The fraction of sp³-hybridized carbons (Fsp3) is 0.211. The third-order valence-electron chi connectivity index (χ3n) is 4.18. The van der Waals surface area contributed by atoms with Crippen LogP contribution in [0.15, 0.2) is 41.3 Å². The van der Waals surface area contributed by atoms with Gasteiger partial charge < -0.3 is 14.0 Å². The highest BCUT2D eigenvalue weighted by atomic mass is 32.2. The number of benzene rings is 1. The molecule has 164 valence electrons. The summed E-state index contributed by atoms with van der Waals surface area (Å²) in [5, 5.41) is 7.61. The monoisotopic (exact) mass is 452 g/mol. The highest BCUT2D eigenvalue weighted by Crippen LogP contribution is 2.34. The van der Waals surface area contributed by atoms with Crippen molar-refractivity contribution < 1.29 is 26.7 Å². The van der Waals surface area contributed by atoms with Crippen molar-refractivity contribution in [1.29, 1.82) is 0 Å². The van der Waals surface area contributed by atoms with Gasteiger partial charge in [0, 0.05) is 24.9 Å². The molecule has 0 amide bonds. The molecule has 0 saturated heterocycles. The number of methoxy groups -OCH3 is 1. The number of ether oxygens (including phenoxy) is 2. The molecule has 0 aliphatic heterocycles. The number of nitrogens with zero attached hydrogens (tertiary/aromatic N) is 3. The quantitative estimate of drug-likeness (QED) is 0.586. The number of sulfonamides is 1. The SMILES string of the molecule is CCS(=O)(=O)Nc1cc(-c2cc(OC)c(=O)n(C)c2)c(Oc2ccc(F)cc2F)nn1. The van der Waals surface area contributed by atoms with E-state index >= 15 is 0 Å². The van der Waals surface area contributed by atoms with E-state index in [4.69, 9.17) is 9.47 Å². The molecule has 0 aliphatic carbocycles. The molecule has 1 aromatic carbocycles. The number of hydrogen-bond acceptors (Lipinski definition) is 7. The first-order valence-electron chi connectivity index (χ1n) is 8.89. The lowest BCUT2D eigenvalue weighted by Gasteiger charge is -2.14. The lowest BCUT2D eigenvalue weighted by atomic mass is 10.1. The zero-order valence-electron chi connectivity index (χ0n) is 16.7. The van der Waals surface area contributed by atoms with Gasteiger partial charge in [0.1, 0.15) is 5.82 Å². The number of anilines is 1. The van der Waals surface area contributed by atoms with Crippen LogP contribution in [0.3, 0.4) is 0 Å². The number of hydrogen-bond donors (Lipinski definition) is 1. The Balaban J connectivity index is 2.17. The maximum absolute atomic E-state index is 14.1. The smallest absolute Gasteiger partial charge is 0.292 e. The van der Waals surface area contributed by atoms with Gasteiger partial charge in [-0.05, 0) is 31.2 Å². The molecule has 0 fully saturated rings. The number of nitrogens with one attached hydrogen (secondary N) is 1. The number of aryl methyl sites for hydroxylation is 1. The Labute approximate surface area is 176 Å². The van der Waals surface area contributed by atoms with Crippen molar-refractivity contribution in [1.82, 2.24) is 14.8 Å². The van der Waals surface area contributed by atoms with Crippen LogP contribution in [0.4, 0.5) is 14.6 Å². The molecular formula is C19H18F2N4O5S. The predicted octanol–water partition coefficient (Wildman–Crippen LogP) is 2.68. The highest BCUT2D eigenvalue weighted by Gasteiger charge is 2.18. The fourth-order valence-electron chi connectivity index (χ4n) is 2.58. The van der Waals surface area contributed by atoms with Crippen molar-refractivity contribution >= 4 is 15.8 Å². The van der Waals surface area contributed by atoms with Crippen molar-refractivity contribution in [2.75, 3.05) is 17.6 Å². The summed E-state index contributed by atoms with van der Waals surface area (Å²) in [6.45, 7) is 1.45. The van der Waals surface area contributed by atoms with Crippen molar-refractivity contribution in [2.24, 2.45) is 7.05 Å². The van der Waals surface area contributed by atoms with Crippen LogP contribution in [0.1, 0.15) is 6.92 Å².